The first kappa shape index (κ1) is 19.6. The van der Waals surface area contributed by atoms with Gasteiger partial charge >= 0.3 is 5.97 Å². The predicted molar refractivity (Wildman–Crippen MR) is 110 cm³/mol. The number of hydrogen-bond acceptors (Lipinski definition) is 5. The number of nitrogens with zero attached hydrogens (tertiary/aromatic N) is 2. The fourth-order valence-electron chi connectivity index (χ4n) is 2.76. The van der Waals surface area contributed by atoms with Crippen molar-refractivity contribution in [1.29, 1.82) is 0 Å². The van der Waals surface area contributed by atoms with Gasteiger partial charge in [0.2, 0.25) is 0 Å². The second-order valence-corrected chi connectivity index (χ2v) is 8.41. The molecule has 1 atom stereocenters. The molecule has 3 rings (SSSR count). The molecule has 3 aromatic rings. The molecule has 7 heteroatoms. The molecule has 0 spiro atoms. The largest absolute Gasteiger partial charge is 0.462 e. The maximum atomic E-state index is 12.4. The normalized spacial score (nSPS) is 12.2. The summed E-state index contributed by atoms with van der Waals surface area (Å²) in [5, 5.41) is 0.874. The van der Waals surface area contributed by atoms with Crippen LogP contribution in [0.1, 0.15) is 24.2 Å². The first-order chi connectivity index (χ1) is 13.1. The number of aryl methyl sites for hydroxylation is 1. The molecule has 0 aliphatic rings. The van der Waals surface area contributed by atoms with Crippen LogP contribution in [0.15, 0.2) is 58.6 Å². The van der Waals surface area contributed by atoms with E-state index in [0.29, 0.717) is 23.7 Å². The summed E-state index contributed by atoms with van der Waals surface area (Å²) in [6.07, 6.45) is 0. The molecule has 2 aromatic carbocycles. The van der Waals surface area contributed by atoms with Gasteiger partial charge in [0.25, 0.3) is 0 Å². The van der Waals surface area contributed by atoms with Crippen LogP contribution in [-0.2, 0) is 22.1 Å². The van der Waals surface area contributed by atoms with Gasteiger partial charge in [-0.2, -0.15) is 0 Å². The average molecular weight is 403 g/mol. The van der Waals surface area contributed by atoms with E-state index in [1.54, 1.807) is 30.8 Å². The van der Waals surface area contributed by atoms with Crippen LogP contribution in [0.25, 0.3) is 11.0 Å². The Morgan fingerprint density at radius 3 is 2.67 bits per heavy atom. The minimum absolute atomic E-state index is 0.335. The molecular weight excluding hydrogens is 380 g/mol. The molecule has 0 bridgehead atoms. The van der Waals surface area contributed by atoms with Crippen LogP contribution in [0.2, 0.25) is 0 Å². The van der Waals surface area contributed by atoms with E-state index in [1.165, 1.54) is 0 Å². The highest BCUT2D eigenvalue weighted by atomic mass is 32.2. The summed E-state index contributed by atoms with van der Waals surface area (Å²) < 4.78 is 19.5. The first-order valence-electron chi connectivity index (χ1n) is 8.87. The molecule has 1 aromatic heterocycles. The Kier molecular flexibility index (Phi) is 6.68. The summed E-state index contributed by atoms with van der Waals surface area (Å²) in [5.74, 6) is 0.934. The third-order valence-corrected chi connectivity index (χ3v) is 6.66. The van der Waals surface area contributed by atoms with E-state index >= 15 is 0 Å². The first-order valence-corrected chi connectivity index (χ1v) is 11.2. The number of carbonyl (C=O) groups excluding carboxylic acids is 1. The van der Waals surface area contributed by atoms with Crippen molar-refractivity contribution in [1.82, 2.24) is 9.55 Å². The highest BCUT2D eigenvalue weighted by Crippen LogP contribution is 2.25. The second-order valence-electron chi connectivity index (χ2n) is 5.77. The molecular formula is C20H22N2O3S2. The zero-order chi connectivity index (χ0) is 19.2. The van der Waals surface area contributed by atoms with Crippen molar-refractivity contribution in [2.75, 3.05) is 18.1 Å². The van der Waals surface area contributed by atoms with Crippen LogP contribution in [0.5, 0.6) is 0 Å². The van der Waals surface area contributed by atoms with Crippen LogP contribution in [0, 0.1) is 0 Å². The van der Waals surface area contributed by atoms with Crippen LogP contribution >= 0.6 is 11.8 Å². The highest BCUT2D eigenvalue weighted by Gasteiger charge is 2.14. The van der Waals surface area contributed by atoms with E-state index in [4.69, 9.17) is 4.74 Å². The van der Waals surface area contributed by atoms with Gasteiger partial charge in [0.15, 0.2) is 5.16 Å². The molecule has 0 N–H and O–H groups in total. The molecule has 0 fully saturated rings. The number of carbonyl (C=O) groups is 1. The summed E-state index contributed by atoms with van der Waals surface area (Å²) in [6, 6.07) is 14.9. The standard InChI is InChI=1S/C20H22N2O3S2/c1-3-22-18-11-10-15(19(23)25-4-2)14-17(18)21-20(22)26-12-13-27(24)16-8-6-5-7-9-16/h5-11,14H,3-4,12-13H2,1-2H3/t27-/m1/s1. The van der Waals surface area contributed by atoms with Gasteiger partial charge in [-0.05, 0) is 44.2 Å². The van der Waals surface area contributed by atoms with E-state index in [1.807, 2.05) is 36.4 Å². The van der Waals surface area contributed by atoms with Gasteiger partial charge in [-0.3, -0.25) is 4.21 Å². The lowest BCUT2D eigenvalue weighted by molar-refractivity contribution is 0.0526. The fraction of sp³-hybridized carbons (Fsp3) is 0.300. The minimum Gasteiger partial charge on any atom is -0.462 e. The fourth-order valence-corrected chi connectivity index (χ4v) is 5.13. The zero-order valence-electron chi connectivity index (χ0n) is 15.4. The number of rotatable bonds is 8. The molecule has 0 amide bonds. The van der Waals surface area contributed by atoms with Crippen molar-refractivity contribution in [2.24, 2.45) is 0 Å². The Morgan fingerprint density at radius 2 is 1.96 bits per heavy atom. The topological polar surface area (TPSA) is 61.2 Å². The number of aromatic nitrogens is 2. The Balaban J connectivity index is 1.74. The quantitative estimate of drug-likeness (QED) is 0.419. The smallest absolute Gasteiger partial charge is 0.338 e. The Hall–Kier alpha value is -2.12. The number of imidazole rings is 1. The van der Waals surface area contributed by atoms with Crippen molar-refractivity contribution in [3.05, 3.63) is 54.1 Å². The molecule has 0 aliphatic carbocycles. The monoisotopic (exact) mass is 402 g/mol. The van der Waals surface area contributed by atoms with Gasteiger partial charge in [-0.1, -0.05) is 30.0 Å². The highest BCUT2D eigenvalue weighted by molar-refractivity contribution is 8.00. The molecule has 27 heavy (non-hydrogen) atoms. The lowest BCUT2D eigenvalue weighted by Gasteiger charge is -2.06. The lowest BCUT2D eigenvalue weighted by Crippen LogP contribution is -2.04. The van der Waals surface area contributed by atoms with Crippen LogP contribution in [0.3, 0.4) is 0 Å². The lowest BCUT2D eigenvalue weighted by atomic mass is 10.2. The van der Waals surface area contributed by atoms with Crippen LogP contribution in [0.4, 0.5) is 0 Å². The summed E-state index contributed by atoms with van der Waals surface area (Å²) in [5.41, 5.74) is 2.26. The summed E-state index contributed by atoms with van der Waals surface area (Å²) in [4.78, 5) is 17.5. The maximum Gasteiger partial charge on any atom is 0.338 e. The van der Waals surface area contributed by atoms with Crippen molar-refractivity contribution >= 4 is 39.6 Å². The molecule has 0 aliphatic heterocycles. The Bertz CT molecular complexity index is 955. The predicted octanol–water partition coefficient (Wildman–Crippen LogP) is 4.13. The molecule has 0 saturated carbocycles. The van der Waals surface area contributed by atoms with Gasteiger partial charge < -0.3 is 9.30 Å². The minimum atomic E-state index is -1.01. The van der Waals surface area contributed by atoms with Crippen molar-refractivity contribution < 1.29 is 13.7 Å². The number of ether oxygens (including phenoxy) is 1. The van der Waals surface area contributed by atoms with Gasteiger partial charge in [0.05, 0.1) is 34.0 Å². The number of thioether (sulfide) groups is 1. The van der Waals surface area contributed by atoms with E-state index in [2.05, 4.69) is 16.5 Å². The molecule has 0 radical (unpaired) electrons. The van der Waals surface area contributed by atoms with E-state index in [9.17, 15) is 9.00 Å². The van der Waals surface area contributed by atoms with Crippen LogP contribution in [-0.4, -0.2) is 37.8 Å². The summed E-state index contributed by atoms with van der Waals surface area (Å²) in [7, 11) is -1.01. The maximum absolute atomic E-state index is 12.4. The number of benzene rings is 2. The Morgan fingerprint density at radius 1 is 1.19 bits per heavy atom. The second kappa shape index (κ2) is 9.19. The summed E-state index contributed by atoms with van der Waals surface area (Å²) in [6.45, 7) is 4.97. The zero-order valence-corrected chi connectivity index (χ0v) is 17.0. The van der Waals surface area contributed by atoms with Crippen molar-refractivity contribution in [3.63, 3.8) is 0 Å². The average Bonchev–Trinajstić information content (AvgIpc) is 3.05. The molecule has 142 valence electrons. The Labute approximate surface area is 165 Å². The third-order valence-electron chi connectivity index (χ3n) is 4.05. The van der Waals surface area contributed by atoms with Gasteiger partial charge in [0.1, 0.15) is 0 Å². The summed E-state index contributed by atoms with van der Waals surface area (Å²) >= 11 is 1.59. The van der Waals surface area contributed by atoms with Gasteiger partial charge in [-0.15, -0.1) is 0 Å². The van der Waals surface area contributed by atoms with E-state index in [-0.39, 0.29) is 5.97 Å². The molecule has 0 saturated heterocycles. The van der Waals surface area contributed by atoms with E-state index in [0.717, 1.165) is 27.6 Å². The third kappa shape index (κ3) is 4.59. The van der Waals surface area contributed by atoms with Gasteiger partial charge in [-0.25, -0.2) is 9.78 Å². The molecule has 1 heterocycles. The number of fused-ring (bicyclic) bond motifs is 1. The molecule has 5 nitrogen and oxygen atoms in total. The van der Waals surface area contributed by atoms with E-state index < -0.39 is 10.8 Å². The van der Waals surface area contributed by atoms with Crippen LogP contribution < -0.4 is 0 Å². The SMILES string of the molecule is CCOC(=O)c1ccc2c(c1)nc(SCC[S@@](=O)c1ccccc1)n2CC. The number of esters is 1. The molecule has 0 unspecified atom stereocenters. The van der Waals surface area contributed by atoms with Gasteiger partial charge in [0, 0.05) is 22.9 Å². The number of hydrogen-bond donors (Lipinski definition) is 0. The van der Waals surface area contributed by atoms with Crippen molar-refractivity contribution in [2.45, 2.75) is 30.4 Å². The van der Waals surface area contributed by atoms with Crippen molar-refractivity contribution in [3.8, 4) is 0 Å².